The maximum absolute atomic E-state index is 12.0. The summed E-state index contributed by atoms with van der Waals surface area (Å²) in [5.74, 6) is 0.822. The van der Waals surface area contributed by atoms with Crippen molar-refractivity contribution in [1.82, 2.24) is 5.32 Å². The number of nitrogens with one attached hydrogen (secondary N) is 1. The first kappa shape index (κ1) is 16.4. The Bertz CT molecular complexity index is 309. The van der Waals surface area contributed by atoms with Crippen LogP contribution < -0.4 is 11.1 Å². The van der Waals surface area contributed by atoms with Crippen LogP contribution in [0.4, 0.5) is 0 Å². The van der Waals surface area contributed by atoms with Crippen LogP contribution in [0.5, 0.6) is 0 Å². The fourth-order valence-electron chi connectivity index (χ4n) is 2.73. The summed E-state index contributed by atoms with van der Waals surface area (Å²) in [6.45, 7) is 4.42. The molecule has 0 unspecified atom stereocenters. The topological polar surface area (TPSA) is 55.1 Å². The van der Waals surface area contributed by atoms with Crippen LogP contribution in [0, 0.1) is 5.92 Å². The Hall–Kier alpha value is -0.640. The monoisotopic (exact) mass is 284 g/mol. The summed E-state index contributed by atoms with van der Waals surface area (Å²) < 4.78 is 0. The smallest absolute Gasteiger partial charge is 0.220 e. The highest BCUT2D eigenvalue weighted by molar-refractivity contribution is 7.80. The predicted molar refractivity (Wildman–Crippen MR) is 84.1 cm³/mol. The van der Waals surface area contributed by atoms with Crippen LogP contribution in [0.1, 0.15) is 71.6 Å². The van der Waals surface area contributed by atoms with E-state index in [1.165, 1.54) is 12.8 Å². The molecule has 3 nitrogen and oxygen atoms in total. The number of amides is 1. The Kier molecular flexibility index (Phi) is 6.76. The van der Waals surface area contributed by atoms with Gasteiger partial charge < -0.3 is 11.1 Å². The Balaban J connectivity index is 2.45. The lowest BCUT2D eigenvalue weighted by Crippen LogP contribution is -2.58. The van der Waals surface area contributed by atoms with Crippen molar-refractivity contribution in [2.24, 2.45) is 11.7 Å². The lowest BCUT2D eigenvalue weighted by atomic mass is 9.77. The summed E-state index contributed by atoms with van der Waals surface area (Å²) in [6, 6.07) is 0. The van der Waals surface area contributed by atoms with Crippen LogP contribution in [0.2, 0.25) is 0 Å². The predicted octanol–water partition coefficient (Wildman–Crippen LogP) is 3.31. The second kappa shape index (κ2) is 7.83. The summed E-state index contributed by atoms with van der Waals surface area (Å²) in [7, 11) is 0. The van der Waals surface area contributed by atoms with Gasteiger partial charge in [-0.1, -0.05) is 45.3 Å². The molecule has 19 heavy (non-hydrogen) atoms. The summed E-state index contributed by atoms with van der Waals surface area (Å²) in [5, 5.41) is 3.12. The lowest BCUT2D eigenvalue weighted by molar-refractivity contribution is -0.122. The molecular weight excluding hydrogens is 256 g/mol. The van der Waals surface area contributed by atoms with Crippen LogP contribution in [0.15, 0.2) is 0 Å². The van der Waals surface area contributed by atoms with Crippen molar-refractivity contribution in [3.8, 4) is 0 Å². The molecule has 0 aliphatic heterocycles. The minimum atomic E-state index is -0.413. The van der Waals surface area contributed by atoms with E-state index in [0.29, 0.717) is 17.3 Å². The van der Waals surface area contributed by atoms with Gasteiger partial charge in [0.2, 0.25) is 5.91 Å². The normalized spacial score (nSPS) is 26.9. The lowest BCUT2D eigenvalue weighted by Gasteiger charge is -2.39. The van der Waals surface area contributed by atoms with Crippen molar-refractivity contribution < 1.29 is 4.79 Å². The Labute approximate surface area is 122 Å². The molecule has 3 N–H and O–H groups in total. The van der Waals surface area contributed by atoms with E-state index in [1.54, 1.807) is 0 Å². The molecule has 110 valence electrons. The summed E-state index contributed by atoms with van der Waals surface area (Å²) in [4.78, 5) is 12.5. The number of hydrogen-bond acceptors (Lipinski definition) is 2. The Morgan fingerprint density at radius 2 is 1.95 bits per heavy atom. The Morgan fingerprint density at radius 1 is 1.32 bits per heavy atom. The van der Waals surface area contributed by atoms with E-state index >= 15 is 0 Å². The second-order valence-corrected chi connectivity index (χ2v) is 6.43. The maximum atomic E-state index is 12.0. The van der Waals surface area contributed by atoms with E-state index in [9.17, 15) is 4.79 Å². The highest BCUT2D eigenvalue weighted by Gasteiger charge is 2.37. The molecule has 0 aromatic rings. The van der Waals surface area contributed by atoms with Gasteiger partial charge in [0, 0.05) is 6.42 Å². The van der Waals surface area contributed by atoms with E-state index in [-0.39, 0.29) is 5.91 Å². The molecule has 4 heteroatoms. The molecule has 1 saturated carbocycles. The molecular formula is C15H28N2OS. The first-order valence-electron chi connectivity index (χ1n) is 7.61. The largest absolute Gasteiger partial charge is 0.391 e. The zero-order chi connectivity index (χ0) is 14.3. The third kappa shape index (κ3) is 5.09. The van der Waals surface area contributed by atoms with Crippen molar-refractivity contribution in [3.05, 3.63) is 0 Å². The van der Waals surface area contributed by atoms with E-state index in [0.717, 1.165) is 38.5 Å². The van der Waals surface area contributed by atoms with Gasteiger partial charge in [-0.05, 0) is 38.0 Å². The summed E-state index contributed by atoms with van der Waals surface area (Å²) in [5.41, 5.74) is 5.48. The number of rotatable bonds is 7. The van der Waals surface area contributed by atoms with Gasteiger partial charge in [-0.25, -0.2) is 0 Å². The van der Waals surface area contributed by atoms with Crippen LogP contribution in [-0.2, 0) is 4.79 Å². The minimum Gasteiger partial charge on any atom is -0.391 e. The molecule has 0 aromatic carbocycles. The van der Waals surface area contributed by atoms with Crippen LogP contribution in [0.3, 0.4) is 0 Å². The van der Waals surface area contributed by atoms with Crippen LogP contribution in [0.25, 0.3) is 0 Å². The van der Waals surface area contributed by atoms with Crippen LogP contribution in [-0.4, -0.2) is 16.4 Å². The number of hydrogen-bond donors (Lipinski definition) is 2. The second-order valence-electron chi connectivity index (χ2n) is 5.99. The number of thiocarbonyl (C=S) groups is 1. The molecule has 0 spiro atoms. The fourth-order valence-corrected chi connectivity index (χ4v) is 2.98. The van der Waals surface area contributed by atoms with Crippen molar-refractivity contribution in [1.29, 1.82) is 0 Å². The van der Waals surface area contributed by atoms with Gasteiger partial charge >= 0.3 is 0 Å². The minimum absolute atomic E-state index is 0.110. The summed E-state index contributed by atoms with van der Waals surface area (Å²) in [6.07, 6.45) is 9.04. The molecule has 0 saturated heterocycles. The molecule has 1 aliphatic rings. The van der Waals surface area contributed by atoms with Crippen molar-refractivity contribution in [3.63, 3.8) is 0 Å². The number of unbranched alkanes of at least 4 members (excludes halogenated alkanes) is 3. The van der Waals surface area contributed by atoms with Gasteiger partial charge in [0.25, 0.3) is 0 Å². The van der Waals surface area contributed by atoms with Gasteiger partial charge in [0.05, 0.1) is 10.5 Å². The van der Waals surface area contributed by atoms with Crippen molar-refractivity contribution >= 4 is 23.1 Å². The summed E-state index contributed by atoms with van der Waals surface area (Å²) >= 11 is 5.20. The van der Waals surface area contributed by atoms with Crippen molar-refractivity contribution in [2.75, 3.05) is 0 Å². The molecule has 1 fully saturated rings. The van der Waals surface area contributed by atoms with Gasteiger partial charge in [0.15, 0.2) is 0 Å². The fraction of sp³-hybridized carbons (Fsp3) is 0.867. The van der Waals surface area contributed by atoms with E-state index < -0.39 is 5.54 Å². The SMILES string of the molecule is CCCCCCC(=O)NC1(C(N)=S)CCC(C)CC1. The molecule has 0 atom stereocenters. The van der Waals surface area contributed by atoms with Gasteiger partial charge in [-0.15, -0.1) is 0 Å². The zero-order valence-electron chi connectivity index (χ0n) is 12.3. The first-order chi connectivity index (χ1) is 9.00. The average Bonchev–Trinajstić information content (AvgIpc) is 2.37. The molecule has 0 aromatic heterocycles. The highest BCUT2D eigenvalue weighted by atomic mass is 32.1. The number of carbonyl (C=O) groups excluding carboxylic acids is 1. The highest BCUT2D eigenvalue weighted by Crippen LogP contribution is 2.32. The molecule has 0 radical (unpaired) electrons. The van der Waals surface area contributed by atoms with Crippen molar-refractivity contribution in [2.45, 2.75) is 77.2 Å². The van der Waals surface area contributed by atoms with Crippen LogP contribution >= 0.6 is 12.2 Å². The average molecular weight is 284 g/mol. The van der Waals surface area contributed by atoms with E-state index in [1.807, 2.05) is 0 Å². The molecule has 0 bridgehead atoms. The standard InChI is InChI=1S/C15H28N2OS/c1-3-4-5-6-7-13(18)17-15(14(16)19)10-8-12(2)9-11-15/h12H,3-11H2,1-2H3,(H2,16,19)(H,17,18). The maximum Gasteiger partial charge on any atom is 0.220 e. The third-order valence-corrected chi connectivity index (χ3v) is 4.63. The van der Waals surface area contributed by atoms with E-state index in [4.69, 9.17) is 18.0 Å². The van der Waals surface area contributed by atoms with Gasteiger partial charge in [-0.2, -0.15) is 0 Å². The number of carbonyl (C=O) groups is 1. The number of nitrogens with two attached hydrogens (primary N) is 1. The van der Waals surface area contributed by atoms with E-state index in [2.05, 4.69) is 19.2 Å². The first-order valence-corrected chi connectivity index (χ1v) is 8.02. The third-order valence-electron chi connectivity index (χ3n) is 4.24. The Morgan fingerprint density at radius 3 is 2.47 bits per heavy atom. The molecule has 1 amide bonds. The molecule has 0 heterocycles. The zero-order valence-corrected chi connectivity index (χ0v) is 13.2. The molecule has 1 rings (SSSR count). The molecule has 1 aliphatic carbocycles. The quantitative estimate of drug-likeness (QED) is 0.557. The van der Waals surface area contributed by atoms with Gasteiger partial charge in [0.1, 0.15) is 0 Å². The van der Waals surface area contributed by atoms with Gasteiger partial charge in [-0.3, -0.25) is 4.79 Å².